The summed E-state index contributed by atoms with van der Waals surface area (Å²) in [6.45, 7) is 2.60. The van der Waals surface area contributed by atoms with Gasteiger partial charge >= 0.3 is 5.97 Å². The number of carbonyl (C=O) groups is 2. The normalized spacial score (nSPS) is 25.0. The van der Waals surface area contributed by atoms with Crippen molar-refractivity contribution in [1.29, 1.82) is 0 Å². The minimum Gasteiger partial charge on any atom is -0.480 e. The first kappa shape index (κ1) is 16.9. The largest absolute Gasteiger partial charge is 0.480 e. The minimum atomic E-state index is -0.961. The number of amides is 1. The second-order valence-electron chi connectivity index (χ2n) is 6.31. The van der Waals surface area contributed by atoms with E-state index in [1.54, 1.807) is 17.0 Å². The van der Waals surface area contributed by atoms with Crippen molar-refractivity contribution in [1.82, 2.24) is 9.80 Å². The number of rotatable bonds is 4. The van der Waals surface area contributed by atoms with E-state index in [1.165, 1.54) is 12.1 Å². The van der Waals surface area contributed by atoms with E-state index in [0.717, 1.165) is 0 Å². The van der Waals surface area contributed by atoms with Crippen LogP contribution in [-0.2, 0) is 20.7 Å². The number of hydrogen-bond donors (Lipinski definition) is 1. The molecule has 1 N–H and O–H groups in total. The lowest BCUT2D eigenvalue weighted by Crippen LogP contribution is -2.62. The number of benzene rings is 1. The van der Waals surface area contributed by atoms with Crippen LogP contribution in [0.3, 0.4) is 0 Å². The van der Waals surface area contributed by atoms with Crippen molar-refractivity contribution in [3.8, 4) is 0 Å². The quantitative estimate of drug-likeness (QED) is 0.879. The molecule has 2 aliphatic heterocycles. The van der Waals surface area contributed by atoms with Gasteiger partial charge in [0.25, 0.3) is 0 Å². The van der Waals surface area contributed by atoms with Gasteiger partial charge in [0.1, 0.15) is 11.4 Å². The summed E-state index contributed by atoms with van der Waals surface area (Å²) in [5.74, 6) is -1.28. The van der Waals surface area contributed by atoms with Crippen LogP contribution in [0.1, 0.15) is 12.0 Å². The number of piperazine rings is 1. The summed E-state index contributed by atoms with van der Waals surface area (Å²) in [6.07, 6.45) is 0.629. The van der Waals surface area contributed by atoms with Gasteiger partial charge in [0.05, 0.1) is 13.0 Å². The molecule has 2 saturated heterocycles. The summed E-state index contributed by atoms with van der Waals surface area (Å²) in [6, 6.07) is 6.03. The predicted molar refractivity (Wildman–Crippen MR) is 84.1 cm³/mol. The molecule has 0 aliphatic carbocycles. The molecule has 0 bridgehead atoms. The van der Waals surface area contributed by atoms with E-state index in [2.05, 4.69) is 0 Å². The molecule has 1 unspecified atom stereocenters. The molecule has 2 aliphatic rings. The van der Waals surface area contributed by atoms with Crippen molar-refractivity contribution >= 4 is 11.9 Å². The van der Waals surface area contributed by atoms with Gasteiger partial charge in [-0.3, -0.25) is 14.5 Å². The first-order valence-electron chi connectivity index (χ1n) is 8.10. The van der Waals surface area contributed by atoms with Gasteiger partial charge in [0.2, 0.25) is 5.91 Å². The molecule has 24 heavy (non-hydrogen) atoms. The van der Waals surface area contributed by atoms with Gasteiger partial charge < -0.3 is 14.7 Å². The molecule has 6 nitrogen and oxygen atoms in total. The highest BCUT2D eigenvalue weighted by molar-refractivity contribution is 5.80. The van der Waals surface area contributed by atoms with Gasteiger partial charge in [-0.05, 0) is 17.7 Å². The van der Waals surface area contributed by atoms with Gasteiger partial charge in [0.15, 0.2) is 0 Å². The molecular formula is C17H21FN2O4. The zero-order valence-corrected chi connectivity index (χ0v) is 13.4. The molecule has 0 spiro atoms. The van der Waals surface area contributed by atoms with E-state index >= 15 is 0 Å². The van der Waals surface area contributed by atoms with Crippen LogP contribution >= 0.6 is 0 Å². The minimum absolute atomic E-state index is 0.0627. The molecule has 130 valence electrons. The van der Waals surface area contributed by atoms with Gasteiger partial charge in [-0.1, -0.05) is 12.1 Å². The maximum Gasteiger partial charge on any atom is 0.326 e. The third-order valence-electron chi connectivity index (χ3n) is 4.88. The number of ether oxygens (including phenoxy) is 1. The third kappa shape index (κ3) is 3.27. The SMILES string of the molecule is O=C(Cc1cccc(F)c1)N1CCN(C2(C(=O)O)CCOC2)CC1. The molecule has 2 heterocycles. The summed E-state index contributed by atoms with van der Waals surface area (Å²) in [7, 11) is 0. The van der Waals surface area contributed by atoms with Crippen LogP contribution in [0.2, 0.25) is 0 Å². The lowest BCUT2D eigenvalue weighted by atomic mass is 9.95. The average molecular weight is 336 g/mol. The van der Waals surface area contributed by atoms with Crippen LogP contribution in [0.15, 0.2) is 24.3 Å². The Labute approximate surface area is 139 Å². The average Bonchev–Trinajstić information content (AvgIpc) is 3.06. The molecule has 1 aromatic carbocycles. The monoisotopic (exact) mass is 336 g/mol. The summed E-state index contributed by atoms with van der Waals surface area (Å²) in [5, 5.41) is 9.57. The van der Waals surface area contributed by atoms with Gasteiger partial charge in [-0.15, -0.1) is 0 Å². The first-order chi connectivity index (χ1) is 11.5. The second kappa shape index (κ2) is 6.86. The highest BCUT2D eigenvalue weighted by atomic mass is 19.1. The van der Waals surface area contributed by atoms with Crippen LogP contribution in [0, 0.1) is 5.82 Å². The fraction of sp³-hybridized carbons (Fsp3) is 0.529. The lowest BCUT2D eigenvalue weighted by molar-refractivity contribution is -0.153. The topological polar surface area (TPSA) is 70.1 Å². The summed E-state index contributed by atoms with van der Waals surface area (Å²) >= 11 is 0. The van der Waals surface area contributed by atoms with Crippen LogP contribution in [-0.4, -0.2) is 71.7 Å². The maximum atomic E-state index is 13.2. The van der Waals surface area contributed by atoms with Gasteiger partial charge in [-0.25, -0.2) is 4.39 Å². The Hall–Kier alpha value is -1.99. The van der Waals surface area contributed by atoms with Crippen molar-refractivity contribution < 1.29 is 23.8 Å². The van der Waals surface area contributed by atoms with Crippen molar-refractivity contribution in [3.63, 3.8) is 0 Å². The smallest absolute Gasteiger partial charge is 0.326 e. The van der Waals surface area contributed by atoms with Crippen molar-refractivity contribution in [2.45, 2.75) is 18.4 Å². The van der Waals surface area contributed by atoms with E-state index in [9.17, 15) is 19.1 Å². The molecule has 0 radical (unpaired) electrons. The maximum absolute atomic E-state index is 13.2. The third-order valence-corrected chi connectivity index (χ3v) is 4.88. The number of carboxylic acids is 1. The Morgan fingerprint density at radius 1 is 1.25 bits per heavy atom. The van der Waals surface area contributed by atoms with Gasteiger partial charge in [0, 0.05) is 39.2 Å². The molecule has 0 aromatic heterocycles. The van der Waals surface area contributed by atoms with E-state index in [-0.39, 0.29) is 24.8 Å². The zero-order chi connectivity index (χ0) is 17.2. The van der Waals surface area contributed by atoms with Crippen molar-refractivity contribution in [2.24, 2.45) is 0 Å². The molecule has 3 rings (SSSR count). The number of carbonyl (C=O) groups excluding carboxylic acids is 1. The Morgan fingerprint density at radius 2 is 2.00 bits per heavy atom. The fourth-order valence-electron chi connectivity index (χ4n) is 3.42. The van der Waals surface area contributed by atoms with E-state index < -0.39 is 11.5 Å². The Balaban J connectivity index is 1.58. The van der Waals surface area contributed by atoms with E-state index in [0.29, 0.717) is 44.8 Å². The first-order valence-corrected chi connectivity index (χ1v) is 8.10. The predicted octanol–water partition coefficient (Wildman–Crippen LogP) is 0.756. The number of aliphatic carboxylic acids is 1. The zero-order valence-electron chi connectivity index (χ0n) is 13.4. The van der Waals surface area contributed by atoms with E-state index in [1.807, 2.05) is 4.90 Å². The number of nitrogens with zero attached hydrogens (tertiary/aromatic N) is 2. The van der Waals surface area contributed by atoms with Crippen LogP contribution in [0.4, 0.5) is 4.39 Å². The number of halogens is 1. The number of carboxylic acid groups (broad SMARTS) is 1. The fourth-order valence-corrected chi connectivity index (χ4v) is 3.42. The Kier molecular flexibility index (Phi) is 4.82. The second-order valence-corrected chi connectivity index (χ2v) is 6.31. The standard InChI is InChI=1S/C17H21FN2O4/c18-14-3-1-2-13(10-14)11-15(21)19-5-7-20(8-6-19)17(16(22)23)4-9-24-12-17/h1-3,10H,4-9,11-12H2,(H,22,23). The van der Waals surface area contributed by atoms with E-state index in [4.69, 9.17) is 4.74 Å². The van der Waals surface area contributed by atoms with Crippen LogP contribution < -0.4 is 0 Å². The van der Waals surface area contributed by atoms with Crippen molar-refractivity contribution in [2.75, 3.05) is 39.4 Å². The Morgan fingerprint density at radius 3 is 2.58 bits per heavy atom. The summed E-state index contributed by atoms with van der Waals surface area (Å²) in [5.41, 5.74) is -0.314. The summed E-state index contributed by atoms with van der Waals surface area (Å²) in [4.78, 5) is 27.7. The van der Waals surface area contributed by atoms with Gasteiger partial charge in [-0.2, -0.15) is 0 Å². The van der Waals surface area contributed by atoms with Crippen molar-refractivity contribution in [3.05, 3.63) is 35.6 Å². The summed E-state index contributed by atoms with van der Waals surface area (Å²) < 4.78 is 18.5. The van der Waals surface area contributed by atoms with Crippen LogP contribution in [0.25, 0.3) is 0 Å². The molecule has 2 fully saturated rings. The molecule has 1 atom stereocenters. The number of hydrogen-bond acceptors (Lipinski definition) is 4. The lowest BCUT2D eigenvalue weighted by Gasteiger charge is -2.42. The Bertz CT molecular complexity index is 623. The molecule has 0 saturated carbocycles. The van der Waals surface area contributed by atoms with Crippen LogP contribution in [0.5, 0.6) is 0 Å². The highest BCUT2D eigenvalue weighted by Gasteiger charge is 2.48. The molecule has 7 heteroatoms. The molecule has 1 aromatic rings. The molecular weight excluding hydrogens is 315 g/mol. The molecule has 1 amide bonds. The highest BCUT2D eigenvalue weighted by Crippen LogP contribution is 2.28.